The Morgan fingerprint density at radius 1 is 0.824 bits per heavy atom. The van der Waals surface area contributed by atoms with Crippen LogP contribution in [0.4, 0.5) is 0 Å². The van der Waals surface area contributed by atoms with Gasteiger partial charge in [0.15, 0.2) is 0 Å². The fourth-order valence-corrected chi connectivity index (χ4v) is 7.95. The molecule has 0 radical (unpaired) electrons. The van der Waals surface area contributed by atoms with E-state index in [9.17, 15) is 5.11 Å². The first kappa shape index (κ1) is 17.4. The molecule has 0 spiro atoms. The van der Waals surface area contributed by atoms with Crippen LogP contribution in [0.1, 0.15) is 66.2 Å². The average molecular weight is 261 g/mol. The lowest BCUT2D eigenvalue weighted by atomic mass is 10.4. The molecular formula is C15H34OP+. The molecule has 104 valence electrons. The summed E-state index contributed by atoms with van der Waals surface area (Å²) in [6.45, 7) is 8.85. The van der Waals surface area contributed by atoms with Crippen LogP contribution in [0.2, 0.25) is 0 Å². The highest BCUT2D eigenvalue weighted by molar-refractivity contribution is 7.75. The summed E-state index contributed by atoms with van der Waals surface area (Å²) in [6, 6.07) is 0. The Morgan fingerprint density at radius 2 is 1.18 bits per heavy atom. The van der Waals surface area contributed by atoms with Crippen LogP contribution in [0.25, 0.3) is 0 Å². The van der Waals surface area contributed by atoms with Crippen LogP contribution in [-0.4, -0.2) is 35.9 Å². The number of hydrogen-bond acceptors (Lipinski definition) is 1. The molecule has 0 bridgehead atoms. The lowest BCUT2D eigenvalue weighted by Crippen LogP contribution is -2.19. The second-order valence-electron chi connectivity index (χ2n) is 5.60. The maximum absolute atomic E-state index is 9.81. The molecule has 0 heterocycles. The molecule has 17 heavy (non-hydrogen) atoms. The van der Waals surface area contributed by atoms with Gasteiger partial charge in [0, 0.05) is 7.26 Å². The molecule has 1 atom stereocenters. The SMILES string of the molecule is CCCC[P+](CCCC)(CCCC)CC(C)O. The van der Waals surface area contributed by atoms with E-state index in [1.807, 2.05) is 6.92 Å². The summed E-state index contributed by atoms with van der Waals surface area (Å²) >= 11 is 0. The Kier molecular flexibility index (Phi) is 10.6. The normalized spacial score (nSPS) is 13.9. The molecule has 1 unspecified atom stereocenters. The second kappa shape index (κ2) is 10.3. The van der Waals surface area contributed by atoms with Gasteiger partial charge >= 0.3 is 0 Å². The first-order chi connectivity index (χ1) is 8.10. The highest BCUT2D eigenvalue weighted by atomic mass is 31.2. The van der Waals surface area contributed by atoms with Gasteiger partial charge in [0.25, 0.3) is 0 Å². The number of unbranched alkanes of at least 4 members (excludes halogenated alkanes) is 3. The van der Waals surface area contributed by atoms with E-state index in [0.717, 1.165) is 6.16 Å². The molecule has 0 aliphatic rings. The van der Waals surface area contributed by atoms with Crippen molar-refractivity contribution in [2.45, 2.75) is 72.3 Å². The van der Waals surface area contributed by atoms with Gasteiger partial charge < -0.3 is 5.11 Å². The Morgan fingerprint density at radius 3 is 1.41 bits per heavy atom. The van der Waals surface area contributed by atoms with E-state index in [-0.39, 0.29) is 6.10 Å². The minimum atomic E-state index is -0.852. The zero-order valence-electron chi connectivity index (χ0n) is 12.5. The fourth-order valence-electron chi connectivity index (χ4n) is 2.65. The van der Waals surface area contributed by atoms with Crippen LogP contribution >= 0.6 is 7.26 Å². The van der Waals surface area contributed by atoms with Gasteiger partial charge in [-0.15, -0.1) is 0 Å². The van der Waals surface area contributed by atoms with Crippen molar-refractivity contribution in [3.8, 4) is 0 Å². The predicted molar refractivity (Wildman–Crippen MR) is 82.8 cm³/mol. The van der Waals surface area contributed by atoms with Crippen molar-refractivity contribution in [1.29, 1.82) is 0 Å². The third kappa shape index (κ3) is 8.16. The van der Waals surface area contributed by atoms with Gasteiger partial charge in [0.2, 0.25) is 0 Å². The van der Waals surface area contributed by atoms with Crippen molar-refractivity contribution in [1.82, 2.24) is 0 Å². The largest absolute Gasteiger partial charge is 0.390 e. The van der Waals surface area contributed by atoms with Gasteiger partial charge in [0.05, 0.1) is 30.8 Å². The summed E-state index contributed by atoms with van der Waals surface area (Å²) in [5, 5.41) is 9.81. The van der Waals surface area contributed by atoms with Crippen molar-refractivity contribution in [2.75, 3.05) is 24.6 Å². The van der Waals surface area contributed by atoms with Crippen LogP contribution in [-0.2, 0) is 0 Å². The first-order valence-corrected chi connectivity index (χ1v) is 10.2. The number of rotatable bonds is 11. The van der Waals surface area contributed by atoms with E-state index in [0.29, 0.717) is 0 Å². The van der Waals surface area contributed by atoms with Crippen LogP contribution in [0.5, 0.6) is 0 Å². The lowest BCUT2D eigenvalue weighted by Gasteiger charge is -2.29. The van der Waals surface area contributed by atoms with Gasteiger partial charge in [-0.3, -0.25) is 0 Å². The molecule has 0 aromatic heterocycles. The van der Waals surface area contributed by atoms with Crippen molar-refractivity contribution in [3.63, 3.8) is 0 Å². The fraction of sp³-hybridized carbons (Fsp3) is 1.00. The van der Waals surface area contributed by atoms with E-state index in [1.165, 1.54) is 57.0 Å². The summed E-state index contributed by atoms with van der Waals surface area (Å²) in [6.07, 6.45) is 13.3. The smallest absolute Gasteiger partial charge is 0.0850 e. The number of hydrogen-bond donors (Lipinski definition) is 1. The van der Waals surface area contributed by atoms with E-state index < -0.39 is 7.26 Å². The molecule has 0 aromatic rings. The van der Waals surface area contributed by atoms with Gasteiger partial charge in [-0.2, -0.15) is 0 Å². The zero-order valence-corrected chi connectivity index (χ0v) is 13.4. The molecule has 2 heteroatoms. The van der Waals surface area contributed by atoms with Crippen LogP contribution in [0.3, 0.4) is 0 Å². The molecule has 0 saturated carbocycles. The summed E-state index contributed by atoms with van der Waals surface area (Å²) in [5.41, 5.74) is 0. The third-order valence-corrected chi connectivity index (χ3v) is 8.71. The summed E-state index contributed by atoms with van der Waals surface area (Å²) < 4.78 is 0. The van der Waals surface area contributed by atoms with E-state index in [1.54, 1.807) is 0 Å². The van der Waals surface area contributed by atoms with Crippen molar-refractivity contribution in [2.24, 2.45) is 0 Å². The molecule has 1 N–H and O–H groups in total. The van der Waals surface area contributed by atoms with E-state index in [4.69, 9.17) is 0 Å². The maximum Gasteiger partial charge on any atom is 0.0850 e. The molecule has 1 nitrogen and oxygen atoms in total. The van der Waals surface area contributed by atoms with E-state index in [2.05, 4.69) is 20.8 Å². The molecule has 0 aromatic carbocycles. The number of aliphatic hydroxyl groups is 1. The zero-order chi connectivity index (χ0) is 13.1. The summed E-state index contributed by atoms with van der Waals surface area (Å²) in [7, 11) is -0.852. The summed E-state index contributed by atoms with van der Waals surface area (Å²) in [5.74, 6) is 0. The Hall–Kier alpha value is 0.390. The average Bonchev–Trinajstić information content (AvgIpc) is 2.30. The molecule has 0 saturated heterocycles. The van der Waals surface area contributed by atoms with E-state index >= 15 is 0 Å². The highest BCUT2D eigenvalue weighted by Crippen LogP contribution is 2.61. The minimum absolute atomic E-state index is 0.0890. The lowest BCUT2D eigenvalue weighted by molar-refractivity contribution is 0.218. The first-order valence-electron chi connectivity index (χ1n) is 7.63. The van der Waals surface area contributed by atoms with Crippen LogP contribution < -0.4 is 0 Å². The molecule has 0 rings (SSSR count). The monoisotopic (exact) mass is 261 g/mol. The Balaban J connectivity index is 4.51. The summed E-state index contributed by atoms with van der Waals surface area (Å²) in [4.78, 5) is 0. The van der Waals surface area contributed by atoms with Gasteiger partial charge in [-0.05, 0) is 26.2 Å². The Bertz CT molecular complexity index is 147. The minimum Gasteiger partial charge on any atom is -0.390 e. The van der Waals surface area contributed by atoms with Crippen molar-refractivity contribution >= 4 is 7.26 Å². The number of aliphatic hydroxyl groups excluding tert-OH is 1. The molecular weight excluding hydrogens is 227 g/mol. The van der Waals surface area contributed by atoms with Gasteiger partial charge in [-0.25, -0.2) is 0 Å². The van der Waals surface area contributed by atoms with Gasteiger partial charge in [0.1, 0.15) is 0 Å². The maximum atomic E-state index is 9.81. The van der Waals surface area contributed by atoms with Crippen molar-refractivity contribution in [3.05, 3.63) is 0 Å². The molecule has 0 aliphatic carbocycles. The second-order valence-corrected chi connectivity index (χ2v) is 9.99. The molecule has 0 fully saturated rings. The predicted octanol–water partition coefficient (Wildman–Crippen LogP) is 4.79. The standard InChI is InChI=1S/C15H34OP/c1-5-8-11-17(12-9-6-2,13-10-7-3)14-15(4)16/h15-16H,5-14H2,1-4H3/q+1. The quantitative estimate of drug-likeness (QED) is 0.530. The van der Waals surface area contributed by atoms with Gasteiger partial charge in [-0.1, -0.05) is 40.0 Å². The topological polar surface area (TPSA) is 20.2 Å². The van der Waals surface area contributed by atoms with Crippen LogP contribution in [0, 0.1) is 0 Å². The van der Waals surface area contributed by atoms with Crippen LogP contribution in [0.15, 0.2) is 0 Å². The third-order valence-electron chi connectivity index (χ3n) is 3.61. The highest BCUT2D eigenvalue weighted by Gasteiger charge is 2.36. The molecule has 0 amide bonds. The molecule has 0 aliphatic heterocycles. The Labute approximate surface area is 110 Å². The van der Waals surface area contributed by atoms with Crippen molar-refractivity contribution < 1.29 is 5.11 Å².